The number of nitrogens with zero attached hydrogens (tertiary/aromatic N) is 4. The molecule has 2 heterocycles. The van der Waals surface area contributed by atoms with Crippen LogP contribution in [0.4, 0.5) is 5.82 Å². The number of carbonyl (C=O) groups is 1. The van der Waals surface area contributed by atoms with Crippen LogP contribution in [0.1, 0.15) is 27.4 Å². The minimum Gasteiger partial charge on any atom is -0.497 e. The molecular formula is C24H26N6O2. The molecule has 0 saturated heterocycles. The lowest BCUT2D eigenvalue weighted by Gasteiger charge is -2.11. The van der Waals surface area contributed by atoms with E-state index in [-0.39, 0.29) is 5.91 Å². The first-order chi connectivity index (χ1) is 15.5. The van der Waals surface area contributed by atoms with Crippen LogP contribution < -0.4 is 15.4 Å². The molecule has 2 N–H and O–H groups in total. The molecule has 0 fully saturated rings. The number of benzene rings is 2. The summed E-state index contributed by atoms with van der Waals surface area (Å²) in [6.07, 6.45) is 0. The Hall–Kier alpha value is -3.94. The van der Waals surface area contributed by atoms with Gasteiger partial charge in [0.25, 0.3) is 5.91 Å². The first kappa shape index (κ1) is 21.3. The molecule has 0 radical (unpaired) electrons. The molecule has 0 unspecified atom stereocenters. The van der Waals surface area contributed by atoms with Crippen molar-refractivity contribution in [3.05, 3.63) is 71.2 Å². The fourth-order valence-electron chi connectivity index (χ4n) is 3.61. The fraction of sp³-hybridized carbons (Fsp3) is 0.250. The van der Waals surface area contributed by atoms with Crippen molar-refractivity contribution < 1.29 is 9.53 Å². The Morgan fingerprint density at radius 1 is 1.03 bits per heavy atom. The highest BCUT2D eigenvalue weighted by Crippen LogP contribution is 2.27. The van der Waals surface area contributed by atoms with Gasteiger partial charge in [-0.2, -0.15) is 5.10 Å². The first-order valence-corrected chi connectivity index (χ1v) is 10.4. The van der Waals surface area contributed by atoms with Crippen molar-refractivity contribution in [2.75, 3.05) is 25.5 Å². The third kappa shape index (κ3) is 4.25. The summed E-state index contributed by atoms with van der Waals surface area (Å²) in [6, 6.07) is 15.1. The second-order valence-corrected chi connectivity index (χ2v) is 7.52. The van der Waals surface area contributed by atoms with E-state index < -0.39 is 0 Å². The lowest BCUT2D eigenvalue weighted by molar-refractivity contribution is 0.0955. The number of nitrogens with one attached hydrogen (secondary N) is 2. The summed E-state index contributed by atoms with van der Waals surface area (Å²) >= 11 is 0. The van der Waals surface area contributed by atoms with Crippen LogP contribution in [0.2, 0.25) is 0 Å². The minimum atomic E-state index is -0.154. The van der Waals surface area contributed by atoms with Crippen molar-refractivity contribution in [2.24, 2.45) is 0 Å². The lowest BCUT2D eigenvalue weighted by Crippen LogP contribution is -2.29. The van der Waals surface area contributed by atoms with E-state index in [2.05, 4.69) is 33.6 Å². The molecule has 32 heavy (non-hydrogen) atoms. The van der Waals surface area contributed by atoms with Crippen LogP contribution in [-0.2, 0) is 0 Å². The summed E-state index contributed by atoms with van der Waals surface area (Å²) in [5.74, 6) is 1.85. The molecule has 0 spiro atoms. The van der Waals surface area contributed by atoms with E-state index in [0.29, 0.717) is 36.0 Å². The minimum absolute atomic E-state index is 0.154. The molecular weight excluding hydrogens is 404 g/mol. The smallest absolute Gasteiger partial charge is 0.251 e. The van der Waals surface area contributed by atoms with E-state index in [1.54, 1.807) is 31.4 Å². The van der Waals surface area contributed by atoms with Gasteiger partial charge in [0, 0.05) is 18.7 Å². The molecule has 164 valence electrons. The van der Waals surface area contributed by atoms with Crippen molar-refractivity contribution >= 4 is 22.8 Å². The Bertz CT molecular complexity index is 1280. The number of anilines is 1. The number of amides is 1. The zero-order chi connectivity index (χ0) is 22.7. The highest BCUT2D eigenvalue weighted by atomic mass is 16.5. The van der Waals surface area contributed by atoms with Crippen LogP contribution in [0.25, 0.3) is 16.7 Å². The van der Waals surface area contributed by atoms with Gasteiger partial charge in [-0.1, -0.05) is 24.3 Å². The van der Waals surface area contributed by atoms with Gasteiger partial charge in [-0.3, -0.25) is 4.79 Å². The highest BCUT2D eigenvalue weighted by Gasteiger charge is 2.17. The second kappa shape index (κ2) is 9.05. The van der Waals surface area contributed by atoms with E-state index >= 15 is 0 Å². The molecule has 2 aromatic carbocycles. The van der Waals surface area contributed by atoms with Crippen LogP contribution in [0.5, 0.6) is 5.75 Å². The quantitative estimate of drug-likeness (QED) is 0.435. The number of hydrogen-bond acceptors (Lipinski definition) is 6. The number of carbonyl (C=O) groups excluding carboxylic acids is 1. The maximum absolute atomic E-state index is 12.4. The number of hydrogen-bond donors (Lipinski definition) is 2. The lowest BCUT2D eigenvalue weighted by atomic mass is 10.2. The van der Waals surface area contributed by atoms with Crippen LogP contribution >= 0.6 is 0 Å². The van der Waals surface area contributed by atoms with Gasteiger partial charge in [-0.25, -0.2) is 14.6 Å². The SMILES string of the molecule is COc1cccc(C(=O)NCCNc2nc(C)nc3c2c(C)nn3-c2ccccc2C)c1. The molecule has 4 aromatic rings. The monoisotopic (exact) mass is 430 g/mol. The average Bonchev–Trinajstić information content (AvgIpc) is 3.12. The summed E-state index contributed by atoms with van der Waals surface area (Å²) in [4.78, 5) is 21.6. The van der Waals surface area contributed by atoms with Crippen LogP contribution in [0.15, 0.2) is 48.5 Å². The van der Waals surface area contributed by atoms with Crippen molar-refractivity contribution in [3.63, 3.8) is 0 Å². The predicted molar refractivity (Wildman–Crippen MR) is 125 cm³/mol. The molecule has 4 rings (SSSR count). The fourth-order valence-corrected chi connectivity index (χ4v) is 3.61. The number of aromatic nitrogens is 4. The van der Waals surface area contributed by atoms with E-state index in [1.165, 1.54) is 0 Å². The molecule has 0 aliphatic rings. The standard InChI is InChI=1S/C24H26N6O2/c1-15-8-5-6-11-20(15)30-23-21(16(2)29-30)22(27-17(3)28-23)25-12-13-26-24(31)18-9-7-10-19(14-18)32-4/h5-11,14H,12-13H2,1-4H3,(H,26,31)(H,25,27,28). The van der Waals surface area contributed by atoms with Crippen molar-refractivity contribution in [1.29, 1.82) is 0 Å². The molecule has 8 nitrogen and oxygen atoms in total. The first-order valence-electron chi connectivity index (χ1n) is 10.4. The van der Waals surface area contributed by atoms with Crippen LogP contribution in [0, 0.1) is 20.8 Å². The molecule has 0 bridgehead atoms. The summed E-state index contributed by atoms with van der Waals surface area (Å²) in [6.45, 7) is 6.81. The number of methoxy groups -OCH3 is 1. The number of aryl methyl sites for hydroxylation is 3. The van der Waals surface area contributed by atoms with Gasteiger partial charge in [0.05, 0.1) is 23.9 Å². The molecule has 2 aromatic heterocycles. The van der Waals surface area contributed by atoms with Gasteiger partial charge < -0.3 is 15.4 Å². The van der Waals surface area contributed by atoms with Gasteiger partial charge >= 0.3 is 0 Å². The van der Waals surface area contributed by atoms with Gasteiger partial charge in [0.1, 0.15) is 17.4 Å². The number of rotatable bonds is 7. The molecule has 1 amide bonds. The Morgan fingerprint density at radius 2 is 1.84 bits per heavy atom. The van der Waals surface area contributed by atoms with Gasteiger partial charge in [-0.15, -0.1) is 0 Å². The molecule has 0 atom stereocenters. The van der Waals surface area contributed by atoms with Crippen molar-refractivity contribution in [1.82, 2.24) is 25.1 Å². The average molecular weight is 431 g/mol. The summed E-state index contributed by atoms with van der Waals surface area (Å²) in [5, 5.41) is 11.9. The maximum Gasteiger partial charge on any atom is 0.251 e. The van der Waals surface area contributed by atoms with E-state index in [1.807, 2.05) is 36.7 Å². The van der Waals surface area contributed by atoms with Gasteiger partial charge in [0.15, 0.2) is 5.65 Å². The predicted octanol–water partition coefficient (Wildman–Crippen LogP) is 3.59. The Morgan fingerprint density at radius 3 is 2.62 bits per heavy atom. The van der Waals surface area contributed by atoms with Gasteiger partial charge in [-0.05, 0) is 50.6 Å². The van der Waals surface area contributed by atoms with E-state index in [0.717, 1.165) is 28.0 Å². The highest BCUT2D eigenvalue weighted by molar-refractivity contribution is 5.94. The van der Waals surface area contributed by atoms with Crippen LogP contribution in [-0.4, -0.2) is 45.9 Å². The summed E-state index contributed by atoms with van der Waals surface area (Å²) in [5.41, 5.74) is 4.25. The molecule has 0 aliphatic heterocycles. The molecule has 0 aliphatic carbocycles. The Balaban J connectivity index is 1.51. The Labute approximate surface area is 186 Å². The number of fused-ring (bicyclic) bond motifs is 1. The summed E-state index contributed by atoms with van der Waals surface area (Å²) in [7, 11) is 1.58. The Kier molecular flexibility index (Phi) is 6.02. The van der Waals surface area contributed by atoms with Gasteiger partial charge in [0.2, 0.25) is 0 Å². The largest absolute Gasteiger partial charge is 0.497 e. The summed E-state index contributed by atoms with van der Waals surface area (Å²) < 4.78 is 7.04. The normalized spacial score (nSPS) is 10.9. The second-order valence-electron chi connectivity index (χ2n) is 7.52. The van der Waals surface area contributed by atoms with Crippen molar-refractivity contribution in [3.8, 4) is 11.4 Å². The molecule has 0 saturated carbocycles. The van der Waals surface area contributed by atoms with E-state index in [9.17, 15) is 4.79 Å². The topological polar surface area (TPSA) is 94.0 Å². The third-order valence-corrected chi connectivity index (χ3v) is 5.19. The third-order valence-electron chi connectivity index (χ3n) is 5.19. The zero-order valence-corrected chi connectivity index (χ0v) is 18.6. The van der Waals surface area contributed by atoms with Crippen molar-refractivity contribution in [2.45, 2.75) is 20.8 Å². The van der Waals surface area contributed by atoms with E-state index in [4.69, 9.17) is 9.84 Å². The number of para-hydroxylation sites is 1. The maximum atomic E-state index is 12.4. The molecule has 8 heteroatoms. The zero-order valence-electron chi connectivity index (χ0n) is 18.6. The number of ether oxygens (including phenoxy) is 1. The van der Waals surface area contributed by atoms with Crippen LogP contribution in [0.3, 0.4) is 0 Å².